The fraction of sp³-hybridized carbons (Fsp3) is 0.172. The van der Waals surface area contributed by atoms with E-state index in [9.17, 15) is 5.11 Å². The molecule has 2 heteroatoms. The second kappa shape index (κ2) is 8.50. The normalized spacial score (nSPS) is 16.6. The van der Waals surface area contributed by atoms with E-state index in [-0.39, 0.29) is 6.04 Å². The van der Waals surface area contributed by atoms with Gasteiger partial charge in [0.25, 0.3) is 0 Å². The van der Waals surface area contributed by atoms with Crippen LogP contribution in [0.5, 0.6) is 0 Å². The molecule has 0 aliphatic carbocycles. The summed E-state index contributed by atoms with van der Waals surface area (Å²) >= 11 is 0. The van der Waals surface area contributed by atoms with Crippen LogP contribution in [0, 0.1) is 0 Å². The van der Waals surface area contributed by atoms with Crippen LogP contribution in [0.2, 0.25) is 0 Å². The molecule has 5 rings (SSSR count). The van der Waals surface area contributed by atoms with Gasteiger partial charge in [-0.25, -0.2) is 0 Å². The maximum Gasteiger partial charge on any atom is 0.130 e. The summed E-state index contributed by atoms with van der Waals surface area (Å²) in [5.41, 5.74) is 4.67. The van der Waals surface area contributed by atoms with Crippen molar-refractivity contribution in [1.29, 1.82) is 0 Å². The zero-order valence-corrected chi connectivity index (χ0v) is 17.6. The van der Waals surface area contributed by atoms with E-state index >= 15 is 0 Å². The maximum atomic E-state index is 12.5. The van der Waals surface area contributed by atoms with Crippen LogP contribution in [0.3, 0.4) is 0 Å². The molecule has 0 spiro atoms. The summed E-state index contributed by atoms with van der Waals surface area (Å²) in [6.45, 7) is 1.61. The zero-order chi connectivity index (χ0) is 21.1. The average molecular weight is 406 g/mol. The van der Waals surface area contributed by atoms with Gasteiger partial charge >= 0.3 is 0 Å². The Bertz CT molecular complexity index is 1090. The molecule has 4 aromatic carbocycles. The van der Waals surface area contributed by atoms with E-state index in [4.69, 9.17) is 0 Å². The molecule has 0 amide bonds. The van der Waals surface area contributed by atoms with Crippen molar-refractivity contribution in [3.05, 3.63) is 143 Å². The average Bonchev–Trinajstić information content (AvgIpc) is 2.85. The van der Waals surface area contributed by atoms with Crippen molar-refractivity contribution in [3.8, 4) is 0 Å². The summed E-state index contributed by atoms with van der Waals surface area (Å²) in [4.78, 5) is 2.44. The van der Waals surface area contributed by atoms with E-state index in [1.165, 1.54) is 16.7 Å². The smallest absolute Gasteiger partial charge is 0.130 e. The monoisotopic (exact) mass is 405 g/mol. The summed E-state index contributed by atoms with van der Waals surface area (Å²) in [5, 5.41) is 12.5. The van der Waals surface area contributed by atoms with Crippen LogP contribution < -0.4 is 0 Å². The summed E-state index contributed by atoms with van der Waals surface area (Å²) < 4.78 is 0. The molecule has 154 valence electrons. The molecule has 4 aromatic rings. The van der Waals surface area contributed by atoms with Gasteiger partial charge in [0, 0.05) is 13.1 Å². The van der Waals surface area contributed by atoms with E-state index in [1.54, 1.807) is 0 Å². The van der Waals surface area contributed by atoms with E-state index in [0.29, 0.717) is 0 Å². The molecular weight excluding hydrogens is 378 g/mol. The van der Waals surface area contributed by atoms with Gasteiger partial charge in [-0.15, -0.1) is 0 Å². The molecule has 0 fully saturated rings. The molecule has 1 heterocycles. The van der Waals surface area contributed by atoms with Crippen molar-refractivity contribution in [2.24, 2.45) is 0 Å². The van der Waals surface area contributed by atoms with E-state index in [1.807, 2.05) is 60.7 Å². The van der Waals surface area contributed by atoms with Crippen molar-refractivity contribution >= 4 is 0 Å². The van der Waals surface area contributed by atoms with Crippen molar-refractivity contribution in [2.45, 2.75) is 31.2 Å². The number of nitrogens with zero attached hydrogens (tertiary/aromatic N) is 1. The number of hydrogen-bond acceptors (Lipinski definition) is 2. The Labute approximate surface area is 184 Å². The minimum absolute atomic E-state index is 0.0904. The fourth-order valence-corrected chi connectivity index (χ4v) is 4.91. The number of aliphatic hydroxyl groups is 1. The van der Waals surface area contributed by atoms with Crippen molar-refractivity contribution < 1.29 is 5.11 Å². The molecule has 1 atom stereocenters. The van der Waals surface area contributed by atoms with Crippen molar-refractivity contribution in [2.75, 3.05) is 0 Å². The predicted octanol–water partition coefficient (Wildman–Crippen LogP) is 5.55. The molecule has 0 saturated carbocycles. The Morgan fingerprint density at radius 3 is 1.71 bits per heavy atom. The van der Waals surface area contributed by atoms with Crippen LogP contribution in [0.15, 0.2) is 115 Å². The quantitative estimate of drug-likeness (QED) is 0.471. The van der Waals surface area contributed by atoms with Gasteiger partial charge in [-0.3, -0.25) is 4.90 Å². The molecule has 0 unspecified atom stereocenters. The third kappa shape index (κ3) is 3.81. The van der Waals surface area contributed by atoms with Gasteiger partial charge in [-0.05, 0) is 34.2 Å². The van der Waals surface area contributed by atoms with Crippen molar-refractivity contribution in [1.82, 2.24) is 4.90 Å². The number of benzene rings is 4. The highest BCUT2D eigenvalue weighted by molar-refractivity contribution is 5.41. The summed E-state index contributed by atoms with van der Waals surface area (Å²) in [7, 11) is 0. The molecule has 2 nitrogen and oxygen atoms in total. The zero-order valence-electron chi connectivity index (χ0n) is 17.6. The lowest BCUT2D eigenvalue weighted by Gasteiger charge is -2.46. The highest BCUT2D eigenvalue weighted by atomic mass is 16.3. The minimum atomic E-state index is -1.12. The predicted molar refractivity (Wildman–Crippen MR) is 126 cm³/mol. The molecular formula is C29H27NO. The molecule has 1 aliphatic rings. The molecule has 1 N–H and O–H groups in total. The summed E-state index contributed by atoms with van der Waals surface area (Å²) in [6.07, 6.45) is 0.795. The third-order valence-electron chi connectivity index (χ3n) is 6.48. The first-order valence-electron chi connectivity index (χ1n) is 10.9. The Morgan fingerprint density at radius 2 is 1.13 bits per heavy atom. The summed E-state index contributed by atoms with van der Waals surface area (Å²) in [5.74, 6) is 0. The highest BCUT2D eigenvalue weighted by Crippen LogP contribution is 2.40. The number of rotatable bonds is 5. The molecule has 0 saturated heterocycles. The largest absolute Gasteiger partial charge is 0.379 e. The fourth-order valence-electron chi connectivity index (χ4n) is 4.91. The van der Waals surface area contributed by atoms with Crippen LogP contribution >= 0.6 is 0 Å². The van der Waals surface area contributed by atoms with Crippen LogP contribution in [0.25, 0.3) is 0 Å². The highest BCUT2D eigenvalue weighted by Gasteiger charge is 2.45. The third-order valence-corrected chi connectivity index (χ3v) is 6.48. The lowest BCUT2D eigenvalue weighted by atomic mass is 9.75. The van der Waals surface area contributed by atoms with Crippen LogP contribution in [-0.4, -0.2) is 16.0 Å². The molecule has 0 aromatic heterocycles. The Kier molecular flexibility index (Phi) is 5.42. The van der Waals surface area contributed by atoms with Gasteiger partial charge in [0.05, 0.1) is 6.04 Å². The van der Waals surface area contributed by atoms with Crippen molar-refractivity contribution in [3.63, 3.8) is 0 Å². The molecule has 1 aliphatic heterocycles. The first kappa shape index (κ1) is 19.7. The van der Waals surface area contributed by atoms with Gasteiger partial charge in [0.15, 0.2) is 0 Å². The number of fused-ring (bicyclic) bond motifs is 1. The summed E-state index contributed by atoms with van der Waals surface area (Å²) in [6, 6.07) is 39.4. The second-order valence-corrected chi connectivity index (χ2v) is 8.38. The Balaban J connectivity index is 1.65. The second-order valence-electron chi connectivity index (χ2n) is 8.38. The van der Waals surface area contributed by atoms with E-state index in [0.717, 1.165) is 30.6 Å². The van der Waals surface area contributed by atoms with Crippen LogP contribution in [0.1, 0.15) is 27.8 Å². The van der Waals surface area contributed by atoms with Gasteiger partial charge in [-0.1, -0.05) is 115 Å². The van der Waals surface area contributed by atoms with E-state index < -0.39 is 5.60 Å². The van der Waals surface area contributed by atoms with Crippen LogP contribution in [0.4, 0.5) is 0 Å². The Morgan fingerprint density at radius 1 is 0.645 bits per heavy atom. The minimum Gasteiger partial charge on any atom is -0.379 e. The lowest BCUT2D eigenvalue weighted by Crippen LogP contribution is -2.54. The van der Waals surface area contributed by atoms with Gasteiger partial charge in [-0.2, -0.15) is 0 Å². The standard InChI is InChI=1S/C29H27NO/c31-29(26-16-6-2-7-17-26,27-18-8-3-9-19-27)28-20-24-14-10-11-15-25(24)22-30(28)21-23-12-4-1-5-13-23/h1-19,28,31H,20-22H2/t28-/m0/s1. The lowest BCUT2D eigenvalue weighted by molar-refractivity contribution is -0.0336. The maximum absolute atomic E-state index is 12.5. The number of hydrogen-bond donors (Lipinski definition) is 1. The Hall–Kier alpha value is -3.20. The topological polar surface area (TPSA) is 23.5 Å². The first-order valence-corrected chi connectivity index (χ1v) is 10.9. The van der Waals surface area contributed by atoms with Crippen LogP contribution in [-0.2, 0) is 25.1 Å². The first-order chi connectivity index (χ1) is 15.2. The SMILES string of the molecule is OC(c1ccccc1)(c1ccccc1)[C@@H]1Cc2ccccc2CN1Cc1ccccc1. The molecule has 31 heavy (non-hydrogen) atoms. The van der Waals surface area contributed by atoms with E-state index in [2.05, 4.69) is 59.5 Å². The molecule has 0 bridgehead atoms. The van der Waals surface area contributed by atoms with Gasteiger partial charge in [0.2, 0.25) is 0 Å². The van der Waals surface area contributed by atoms with Gasteiger partial charge in [0.1, 0.15) is 5.60 Å². The molecule has 0 radical (unpaired) electrons. The van der Waals surface area contributed by atoms with Gasteiger partial charge < -0.3 is 5.11 Å².